The number of carbonyl (C=O) groups is 10. The molecule has 2 aliphatic rings. The van der Waals surface area contributed by atoms with Crippen LogP contribution >= 0.6 is 22.7 Å². The summed E-state index contributed by atoms with van der Waals surface area (Å²) >= 11 is 2.50. The Balaban J connectivity index is 0.000000221. The van der Waals surface area contributed by atoms with Crippen molar-refractivity contribution in [3.63, 3.8) is 0 Å². The lowest BCUT2D eigenvalue weighted by atomic mass is 9.92. The van der Waals surface area contributed by atoms with Crippen molar-refractivity contribution >= 4 is 103 Å². The van der Waals surface area contributed by atoms with E-state index in [1.807, 2.05) is 85.2 Å². The highest BCUT2D eigenvalue weighted by atomic mass is 32.1. The molecule has 6 heterocycles. The average molecular weight is 1330 g/mol. The number of carbonyl (C=O) groups excluding carboxylic acids is 8. The molecule has 8 aromatic rings. The lowest BCUT2D eigenvalue weighted by molar-refractivity contribution is -0.149. The number of Topliss-reactive ketones (excluding diaryl/α,β-unsaturated/α-hetero) is 2. The molecule has 4 unspecified atom stereocenters. The van der Waals surface area contributed by atoms with Gasteiger partial charge in [0, 0.05) is 91.5 Å². The highest BCUT2D eigenvalue weighted by Crippen LogP contribution is 2.36. The van der Waals surface area contributed by atoms with E-state index >= 15 is 0 Å². The van der Waals surface area contributed by atoms with Gasteiger partial charge in [0.25, 0.3) is 11.8 Å². The minimum Gasteiger partial charge on any atom is -0.481 e. The maximum atomic E-state index is 13.7. The smallest absolute Gasteiger partial charge is 0.311 e. The zero-order valence-electron chi connectivity index (χ0n) is 50.5. The number of hydrogen-bond donors (Lipinski definition) is 8. The standard InChI is InChI=1S/2C34H34F2N4O6S/c35-29(36)16-27(32(44)37-12-10-21-17-38-26-9-5-4-8-24(21)26)39-33(45)28-14-23(20-6-2-1-3-7-20)18-40(28)34(46)31(43)25(15-30(41)42)22-11-13-47-19-22;35-30(36)16-27(31(42)37-12-10-21-17-38-26-9-5-4-8-24(21)26)39-32(43)28-14-23(20-6-2-1-3-7-20)18-40(28)33(44)29(41)15-25(34(45)46)22-11-13-47-19-22/h1-9,11,13,17,19,23,25,27-29,38H,10,12,14-16,18H2,(H,37,44)(H,39,45)(H,41,42);1-9,11,13,17,19,23,25,27-28,30,38H,10,12,14-16,18H2,(H,37,42)(H,39,43)(H,45,46)/t2*23-,25?,27+,28?/m11/s1. The Kier molecular flexibility index (Phi) is 23.4. The largest absolute Gasteiger partial charge is 0.481 e. The average Bonchev–Trinajstić information content (AvgIpc) is 1.65. The second-order valence-corrected chi connectivity index (χ2v) is 24.5. The number of aromatic amines is 2. The number of aromatic nitrogens is 2. The first-order valence-corrected chi connectivity index (χ1v) is 32.2. The number of nitrogens with zero attached hydrogens (tertiary/aromatic N) is 2. The molecule has 2 fully saturated rings. The number of thiophene rings is 2. The maximum Gasteiger partial charge on any atom is 0.311 e. The van der Waals surface area contributed by atoms with Gasteiger partial charge >= 0.3 is 11.9 Å². The number of ketones is 2. The predicted octanol–water partition coefficient (Wildman–Crippen LogP) is 8.48. The summed E-state index contributed by atoms with van der Waals surface area (Å²) in [6.07, 6.45) is -4.37. The first kappa shape index (κ1) is 68.5. The van der Waals surface area contributed by atoms with Crippen LogP contribution in [-0.4, -0.2) is 152 Å². The molecule has 0 radical (unpaired) electrons. The summed E-state index contributed by atoms with van der Waals surface area (Å²) in [4.78, 5) is 139. The third-order valence-electron chi connectivity index (χ3n) is 16.8. The van der Waals surface area contributed by atoms with Gasteiger partial charge in [-0.3, -0.25) is 47.9 Å². The summed E-state index contributed by atoms with van der Waals surface area (Å²) in [6.45, 7) is 0.192. The van der Waals surface area contributed by atoms with Crippen LogP contribution in [-0.2, 0) is 60.8 Å². The molecule has 26 heteroatoms. The number of H-pyrrole nitrogens is 2. The summed E-state index contributed by atoms with van der Waals surface area (Å²) in [5.74, 6) is -13.2. The zero-order chi connectivity index (χ0) is 67.0. The fourth-order valence-corrected chi connectivity index (χ4v) is 13.5. The van der Waals surface area contributed by atoms with E-state index < -0.39 is 133 Å². The van der Waals surface area contributed by atoms with Crippen LogP contribution in [0.5, 0.6) is 0 Å². The number of hydrogen-bond acceptors (Lipinski definition) is 12. The van der Waals surface area contributed by atoms with Gasteiger partial charge in [0.2, 0.25) is 48.0 Å². The van der Waals surface area contributed by atoms with Gasteiger partial charge in [-0.15, -0.1) is 0 Å². The lowest BCUT2D eigenvalue weighted by Crippen LogP contribution is -2.54. The molecular weight excluding hydrogens is 1260 g/mol. The Bertz CT molecular complexity index is 3960. The molecule has 0 saturated carbocycles. The van der Waals surface area contributed by atoms with Gasteiger partial charge < -0.3 is 51.2 Å². The highest BCUT2D eigenvalue weighted by molar-refractivity contribution is 7.08. The normalized spacial score (nSPS) is 17.4. The maximum absolute atomic E-state index is 13.7. The lowest BCUT2D eigenvalue weighted by Gasteiger charge is -2.27. The van der Waals surface area contributed by atoms with E-state index in [1.165, 1.54) is 22.7 Å². The number of fused-ring (bicyclic) bond motifs is 2. The molecule has 20 nitrogen and oxygen atoms in total. The number of likely N-dealkylation sites (tertiary alicyclic amines) is 2. The van der Waals surface area contributed by atoms with E-state index in [4.69, 9.17) is 0 Å². The molecule has 0 spiro atoms. The van der Waals surface area contributed by atoms with Crippen molar-refractivity contribution in [2.24, 2.45) is 0 Å². The van der Waals surface area contributed by atoms with Crippen molar-refractivity contribution in [1.82, 2.24) is 41.0 Å². The van der Waals surface area contributed by atoms with Crippen LogP contribution in [0.25, 0.3) is 21.8 Å². The molecule has 10 rings (SSSR count). The van der Waals surface area contributed by atoms with Crippen LogP contribution in [0.1, 0.15) is 95.6 Å². The Hall–Kier alpha value is -9.82. The van der Waals surface area contributed by atoms with E-state index in [0.29, 0.717) is 24.0 Å². The van der Waals surface area contributed by atoms with Crippen LogP contribution in [0.15, 0.2) is 155 Å². The van der Waals surface area contributed by atoms with Crippen LogP contribution in [0.3, 0.4) is 0 Å². The van der Waals surface area contributed by atoms with Gasteiger partial charge in [-0.05, 0) is 105 Å². The van der Waals surface area contributed by atoms with E-state index in [1.54, 1.807) is 70.1 Å². The molecule has 8 atom stereocenters. The molecule has 0 aliphatic carbocycles. The summed E-state index contributed by atoms with van der Waals surface area (Å²) in [5, 5.41) is 37.7. The van der Waals surface area contributed by atoms with Crippen LogP contribution in [0.2, 0.25) is 0 Å². The number of aliphatic carboxylic acids is 2. The van der Waals surface area contributed by atoms with Crippen LogP contribution in [0, 0.1) is 0 Å². The number of halogens is 4. The molecule has 2 aliphatic heterocycles. The fraction of sp³-hybridized carbons (Fsp3) is 0.324. The third kappa shape index (κ3) is 17.4. The molecule has 2 saturated heterocycles. The number of rotatable bonds is 28. The molecular formula is C68H68F4N8O12S2. The van der Waals surface area contributed by atoms with E-state index in [-0.39, 0.29) is 50.9 Å². The van der Waals surface area contributed by atoms with Crippen molar-refractivity contribution in [2.75, 3.05) is 26.2 Å². The topological polar surface area (TPSA) is 297 Å². The summed E-state index contributed by atoms with van der Waals surface area (Å²) in [7, 11) is 0. The van der Waals surface area contributed by atoms with Gasteiger partial charge in [-0.25, -0.2) is 17.6 Å². The van der Waals surface area contributed by atoms with Crippen molar-refractivity contribution in [3.8, 4) is 0 Å². The number of carboxylic acids is 2. The Morgan fingerprint density at radius 1 is 0.532 bits per heavy atom. The Morgan fingerprint density at radius 2 is 0.957 bits per heavy atom. The van der Waals surface area contributed by atoms with Crippen LogP contribution in [0.4, 0.5) is 17.6 Å². The van der Waals surface area contributed by atoms with Gasteiger partial charge in [-0.2, -0.15) is 22.7 Å². The van der Waals surface area contributed by atoms with Gasteiger partial charge in [-0.1, -0.05) is 97.1 Å². The van der Waals surface area contributed by atoms with Gasteiger partial charge in [0.15, 0.2) is 0 Å². The summed E-state index contributed by atoms with van der Waals surface area (Å²) in [5.41, 5.74) is 6.05. The number of carboxylic acid groups (broad SMARTS) is 2. The van der Waals surface area contributed by atoms with Crippen molar-refractivity contribution in [2.45, 2.75) is 112 Å². The molecule has 0 bridgehead atoms. The third-order valence-corrected chi connectivity index (χ3v) is 18.2. The summed E-state index contributed by atoms with van der Waals surface area (Å²) < 4.78 is 54.4. The molecule has 492 valence electrons. The minimum absolute atomic E-state index is 0.0286. The highest BCUT2D eigenvalue weighted by Gasteiger charge is 2.46. The second kappa shape index (κ2) is 32.2. The van der Waals surface area contributed by atoms with E-state index in [0.717, 1.165) is 53.9 Å². The summed E-state index contributed by atoms with van der Waals surface area (Å²) in [6, 6.07) is 30.7. The minimum atomic E-state index is -2.91. The zero-order valence-corrected chi connectivity index (χ0v) is 52.1. The Morgan fingerprint density at radius 3 is 1.37 bits per heavy atom. The van der Waals surface area contributed by atoms with Crippen molar-refractivity contribution in [3.05, 3.63) is 189 Å². The number of benzene rings is 4. The Labute approximate surface area is 544 Å². The molecule has 8 N–H and O–H groups in total. The quantitative estimate of drug-likeness (QED) is 0.0169. The van der Waals surface area contributed by atoms with Gasteiger partial charge in [0.1, 0.15) is 24.2 Å². The van der Waals surface area contributed by atoms with Crippen LogP contribution < -0.4 is 21.3 Å². The number of nitrogens with one attached hydrogen (secondary N) is 6. The molecule has 94 heavy (non-hydrogen) atoms. The predicted molar refractivity (Wildman–Crippen MR) is 342 cm³/mol. The van der Waals surface area contributed by atoms with E-state index in [9.17, 15) is 75.7 Å². The number of amides is 6. The SMILES string of the molecule is O=C(CC(C(=O)O)c1ccsc1)C(=O)N1C[C@H](c2ccccc2)CC1C(=O)N[C@@H](CC(F)F)C(=O)NCCc1c[nH]c2ccccc12.O=C(O)CC(C(=O)C(=O)N1C[C@H](c2ccccc2)CC1C(=O)N[C@@H](CC(F)F)C(=O)NCCc1c[nH]c2ccccc12)c1ccsc1. The first-order valence-electron chi connectivity index (χ1n) is 30.3. The molecule has 6 amide bonds. The molecule has 4 aromatic carbocycles. The fourth-order valence-electron chi connectivity index (χ4n) is 12.0. The first-order chi connectivity index (χ1) is 45.2. The monoisotopic (exact) mass is 1330 g/mol. The molecule has 4 aromatic heterocycles. The van der Waals surface area contributed by atoms with Gasteiger partial charge in [0.05, 0.1) is 18.3 Å². The van der Waals surface area contributed by atoms with Crippen molar-refractivity contribution in [1.29, 1.82) is 0 Å². The van der Waals surface area contributed by atoms with E-state index in [2.05, 4.69) is 31.2 Å². The van der Waals surface area contributed by atoms with Crippen molar-refractivity contribution < 1.29 is 75.7 Å². The second-order valence-electron chi connectivity index (χ2n) is 23.0. The number of alkyl halides is 4. The number of para-hydroxylation sites is 2.